The first kappa shape index (κ1) is 13.3. The summed E-state index contributed by atoms with van der Waals surface area (Å²) in [5, 5.41) is 10.7. The van der Waals surface area contributed by atoms with E-state index in [0.29, 0.717) is 16.9 Å². The maximum Gasteiger partial charge on any atom is 0.273 e. The van der Waals surface area contributed by atoms with E-state index in [1.807, 2.05) is 0 Å². The highest BCUT2D eigenvalue weighted by Crippen LogP contribution is 2.18. The van der Waals surface area contributed by atoms with E-state index in [1.165, 1.54) is 13.0 Å². The summed E-state index contributed by atoms with van der Waals surface area (Å²) in [6.07, 6.45) is 0. The molecule has 1 rings (SSSR count). The summed E-state index contributed by atoms with van der Waals surface area (Å²) < 4.78 is 0. The number of rotatable bonds is 2. The number of carbonyl (C=O) groups is 1. The molecule has 4 nitrogen and oxygen atoms in total. The Balaban J connectivity index is 2.82. The predicted molar refractivity (Wildman–Crippen MR) is 67.9 cm³/mol. The summed E-state index contributed by atoms with van der Waals surface area (Å²) in [4.78, 5) is 20.9. The van der Waals surface area contributed by atoms with Gasteiger partial charge in [-0.3, -0.25) is 14.9 Å². The molecule has 0 aromatic heterocycles. The SMILES string of the molecule is CC(=O)SCC#Cc1ccc(C)c([N+](=O)[O-])c1. The molecule has 0 fully saturated rings. The van der Waals surface area contributed by atoms with E-state index in [4.69, 9.17) is 0 Å². The third kappa shape index (κ3) is 4.29. The first-order valence-corrected chi connectivity index (χ1v) is 5.86. The van der Waals surface area contributed by atoms with Crippen LogP contribution in [0.4, 0.5) is 5.69 Å². The molecular formula is C12H11NO3S. The molecule has 1 aromatic carbocycles. The summed E-state index contributed by atoms with van der Waals surface area (Å²) in [6, 6.07) is 4.84. The molecule has 0 aliphatic carbocycles. The lowest BCUT2D eigenvalue weighted by Crippen LogP contribution is -1.92. The van der Waals surface area contributed by atoms with Gasteiger partial charge in [0.05, 0.1) is 10.7 Å². The van der Waals surface area contributed by atoms with E-state index in [1.54, 1.807) is 19.1 Å². The normalized spacial score (nSPS) is 9.29. The van der Waals surface area contributed by atoms with Gasteiger partial charge < -0.3 is 0 Å². The fraction of sp³-hybridized carbons (Fsp3) is 0.250. The van der Waals surface area contributed by atoms with Gasteiger partial charge in [0.25, 0.3) is 5.69 Å². The predicted octanol–water partition coefficient (Wildman–Crippen LogP) is 2.53. The molecule has 0 amide bonds. The van der Waals surface area contributed by atoms with Crippen molar-refractivity contribution in [3.63, 3.8) is 0 Å². The van der Waals surface area contributed by atoms with Crippen molar-refractivity contribution in [2.45, 2.75) is 13.8 Å². The molecule has 0 unspecified atom stereocenters. The lowest BCUT2D eigenvalue weighted by molar-refractivity contribution is -0.385. The number of nitrogens with zero attached hydrogens (tertiary/aromatic N) is 1. The maximum atomic E-state index is 10.7. The number of thioether (sulfide) groups is 1. The highest BCUT2D eigenvalue weighted by atomic mass is 32.2. The second kappa shape index (κ2) is 6.06. The molecule has 5 heteroatoms. The molecule has 0 saturated heterocycles. The van der Waals surface area contributed by atoms with Gasteiger partial charge in [-0.05, 0) is 13.0 Å². The molecule has 0 saturated carbocycles. The Kier molecular flexibility index (Phi) is 4.73. The molecule has 0 atom stereocenters. The van der Waals surface area contributed by atoms with Crippen LogP contribution in [0.15, 0.2) is 18.2 Å². The van der Waals surface area contributed by atoms with Crippen LogP contribution >= 0.6 is 11.8 Å². The largest absolute Gasteiger partial charge is 0.288 e. The zero-order valence-corrected chi connectivity index (χ0v) is 10.3. The number of hydrogen-bond donors (Lipinski definition) is 0. The van der Waals surface area contributed by atoms with E-state index >= 15 is 0 Å². The van der Waals surface area contributed by atoms with Crippen LogP contribution in [0.5, 0.6) is 0 Å². The van der Waals surface area contributed by atoms with Crippen LogP contribution in [0, 0.1) is 28.9 Å². The number of nitro benzene ring substituents is 1. The van der Waals surface area contributed by atoms with Gasteiger partial charge >= 0.3 is 0 Å². The Bertz CT molecular complexity index is 514. The van der Waals surface area contributed by atoms with Gasteiger partial charge in [-0.15, -0.1) is 0 Å². The lowest BCUT2D eigenvalue weighted by Gasteiger charge is -1.96. The van der Waals surface area contributed by atoms with E-state index in [9.17, 15) is 14.9 Å². The summed E-state index contributed by atoms with van der Waals surface area (Å²) in [6.45, 7) is 3.16. The van der Waals surface area contributed by atoms with Gasteiger partial charge in [-0.2, -0.15) is 0 Å². The Labute approximate surface area is 104 Å². The highest BCUT2D eigenvalue weighted by molar-refractivity contribution is 8.13. The first-order chi connectivity index (χ1) is 8.00. The van der Waals surface area contributed by atoms with Crippen molar-refractivity contribution in [1.29, 1.82) is 0 Å². The average Bonchev–Trinajstić information content (AvgIpc) is 2.25. The van der Waals surface area contributed by atoms with Crippen molar-refractivity contribution in [1.82, 2.24) is 0 Å². The van der Waals surface area contributed by atoms with Crippen LogP contribution in [0.1, 0.15) is 18.1 Å². The Morgan fingerprint density at radius 2 is 2.24 bits per heavy atom. The first-order valence-electron chi connectivity index (χ1n) is 4.88. The Morgan fingerprint density at radius 1 is 1.53 bits per heavy atom. The monoisotopic (exact) mass is 249 g/mol. The fourth-order valence-electron chi connectivity index (χ4n) is 1.16. The zero-order valence-electron chi connectivity index (χ0n) is 9.52. The fourth-order valence-corrected chi connectivity index (χ4v) is 1.51. The molecule has 0 bridgehead atoms. The van der Waals surface area contributed by atoms with Crippen molar-refractivity contribution >= 4 is 22.6 Å². The van der Waals surface area contributed by atoms with E-state index in [0.717, 1.165) is 11.8 Å². The standard InChI is InChI=1S/C12H11NO3S/c1-9-5-6-11(8-12(9)13(15)16)4-3-7-17-10(2)14/h5-6,8H,7H2,1-2H3. The summed E-state index contributed by atoms with van der Waals surface area (Å²) >= 11 is 1.12. The average molecular weight is 249 g/mol. The second-order valence-corrected chi connectivity index (χ2v) is 4.49. The van der Waals surface area contributed by atoms with Crippen molar-refractivity contribution in [3.05, 3.63) is 39.4 Å². The van der Waals surface area contributed by atoms with Crippen molar-refractivity contribution in [2.24, 2.45) is 0 Å². The van der Waals surface area contributed by atoms with Crippen LogP contribution in [-0.4, -0.2) is 15.8 Å². The lowest BCUT2D eigenvalue weighted by atomic mass is 10.1. The number of carbonyl (C=O) groups excluding carboxylic acids is 1. The van der Waals surface area contributed by atoms with Crippen molar-refractivity contribution in [3.8, 4) is 11.8 Å². The summed E-state index contributed by atoms with van der Waals surface area (Å²) in [5.41, 5.74) is 1.26. The molecule has 0 N–H and O–H groups in total. The molecule has 0 spiro atoms. The molecule has 0 heterocycles. The second-order valence-electron chi connectivity index (χ2n) is 3.34. The molecule has 0 aliphatic rings. The number of benzene rings is 1. The third-order valence-corrected chi connectivity index (χ3v) is 2.68. The number of hydrogen-bond acceptors (Lipinski definition) is 4. The van der Waals surface area contributed by atoms with Gasteiger partial charge in [0.2, 0.25) is 0 Å². The van der Waals surface area contributed by atoms with E-state index in [2.05, 4.69) is 11.8 Å². The quantitative estimate of drug-likeness (QED) is 0.459. The van der Waals surface area contributed by atoms with E-state index < -0.39 is 4.92 Å². The van der Waals surface area contributed by atoms with E-state index in [-0.39, 0.29) is 10.8 Å². The van der Waals surface area contributed by atoms with Crippen molar-refractivity contribution < 1.29 is 9.72 Å². The number of aryl methyl sites for hydroxylation is 1. The van der Waals surface area contributed by atoms with Crippen LogP contribution in [0.3, 0.4) is 0 Å². The Morgan fingerprint density at radius 3 is 2.82 bits per heavy atom. The minimum Gasteiger partial charge on any atom is -0.288 e. The van der Waals surface area contributed by atoms with Crippen LogP contribution < -0.4 is 0 Å². The molecule has 0 aliphatic heterocycles. The molecular weight excluding hydrogens is 238 g/mol. The van der Waals surface area contributed by atoms with Crippen LogP contribution in [0.2, 0.25) is 0 Å². The molecule has 0 radical (unpaired) electrons. The number of nitro groups is 1. The minimum atomic E-state index is -0.426. The minimum absolute atomic E-state index is 0.00851. The van der Waals surface area contributed by atoms with Crippen molar-refractivity contribution in [2.75, 3.05) is 5.75 Å². The van der Waals surface area contributed by atoms with Gasteiger partial charge in [-0.1, -0.05) is 29.7 Å². The zero-order chi connectivity index (χ0) is 12.8. The van der Waals surface area contributed by atoms with Crippen LogP contribution in [0.25, 0.3) is 0 Å². The molecule has 17 heavy (non-hydrogen) atoms. The molecule has 88 valence electrons. The smallest absolute Gasteiger partial charge is 0.273 e. The van der Waals surface area contributed by atoms with Gasteiger partial charge in [0.15, 0.2) is 5.12 Å². The van der Waals surface area contributed by atoms with Gasteiger partial charge in [0.1, 0.15) is 0 Å². The third-order valence-electron chi connectivity index (χ3n) is 1.99. The van der Waals surface area contributed by atoms with Crippen LogP contribution in [-0.2, 0) is 4.79 Å². The van der Waals surface area contributed by atoms with Gasteiger partial charge in [0, 0.05) is 24.1 Å². The topological polar surface area (TPSA) is 60.2 Å². The maximum absolute atomic E-state index is 10.7. The summed E-state index contributed by atoms with van der Waals surface area (Å²) in [7, 11) is 0. The highest BCUT2D eigenvalue weighted by Gasteiger charge is 2.09. The molecule has 1 aromatic rings. The Hall–Kier alpha value is -1.80. The van der Waals surface area contributed by atoms with Gasteiger partial charge in [-0.25, -0.2) is 0 Å². The summed E-state index contributed by atoms with van der Waals surface area (Å²) in [5.74, 6) is 5.98.